The molecule has 0 aliphatic heterocycles. The standard InChI is InChI=1S/C17H19O4P/c1-14(12-13-21-22(18,19)20)17(15-8-4-2-5-9-15)16-10-6-3-7-11-16/h2-11H,12-13H2,1H3,(H2,18,19,20). The van der Waals surface area contributed by atoms with Crippen LogP contribution < -0.4 is 0 Å². The van der Waals surface area contributed by atoms with Gasteiger partial charge in [-0.25, -0.2) is 4.57 Å². The number of phosphoric ester groups is 1. The van der Waals surface area contributed by atoms with Gasteiger partial charge < -0.3 is 9.79 Å². The zero-order valence-corrected chi connectivity index (χ0v) is 13.2. The monoisotopic (exact) mass is 318 g/mol. The van der Waals surface area contributed by atoms with Gasteiger partial charge in [0.05, 0.1) is 6.61 Å². The molecule has 2 N–H and O–H groups in total. The second-order valence-electron chi connectivity index (χ2n) is 4.96. The van der Waals surface area contributed by atoms with E-state index in [4.69, 9.17) is 9.79 Å². The van der Waals surface area contributed by atoms with Crippen molar-refractivity contribution in [2.24, 2.45) is 0 Å². The molecule has 0 saturated heterocycles. The number of hydrogen-bond acceptors (Lipinski definition) is 2. The molecule has 0 radical (unpaired) electrons. The van der Waals surface area contributed by atoms with Crippen molar-refractivity contribution in [1.29, 1.82) is 0 Å². The van der Waals surface area contributed by atoms with Crippen LogP contribution in [0.25, 0.3) is 5.57 Å². The summed E-state index contributed by atoms with van der Waals surface area (Å²) in [4.78, 5) is 17.6. The zero-order chi connectivity index (χ0) is 16.0. The van der Waals surface area contributed by atoms with Crippen LogP contribution in [0, 0.1) is 0 Å². The highest BCUT2D eigenvalue weighted by atomic mass is 31.2. The number of phosphoric acid groups is 1. The molecule has 0 amide bonds. The first kappa shape index (κ1) is 16.7. The minimum Gasteiger partial charge on any atom is -0.303 e. The van der Waals surface area contributed by atoms with Crippen molar-refractivity contribution in [2.45, 2.75) is 13.3 Å². The van der Waals surface area contributed by atoms with E-state index in [1.807, 2.05) is 67.6 Å². The van der Waals surface area contributed by atoms with Crippen molar-refractivity contribution in [3.63, 3.8) is 0 Å². The van der Waals surface area contributed by atoms with E-state index >= 15 is 0 Å². The molecular formula is C17H19O4P. The molecule has 0 spiro atoms. The number of benzene rings is 2. The molecule has 2 rings (SSSR count). The molecule has 0 unspecified atom stereocenters. The van der Waals surface area contributed by atoms with Crippen LogP contribution in [0.4, 0.5) is 0 Å². The van der Waals surface area contributed by atoms with Crippen LogP contribution >= 0.6 is 7.82 Å². The maximum Gasteiger partial charge on any atom is 0.469 e. The molecule has 2 aromatic carbocycles. The van der Waals surface area contributed by atoms with Crippen LogP contribution in [0.2, 0.25) is 0 Å². The van der Waals surface area contributed by atoms with Crippen molar-refractivity contribution in [3.05, 3.63) is 77.4 Å². The highest BCUT2D eigenvalue weighted by molar-refractivity contribution is 7.46. The van der Waals surface area contributed by atoms with Gasteiger partial charge in [0, 0.05) is 0 Å². The zero-order valence-electron chi connectivity index (χ0n) is 12.3. The maximum absolute atomic E-state index is 10.8. The molecule has 116 valence electrons. The van der Waals surface area contributed by atoms with E-state index in [0.717, 1.165) is 22.3 Å². The van der Waals surface area contributed by atoms with Gasteiger partial charge in [-0.3, -0.25) is 4.52 Å². The molecule has 22 heavy (non-hydrogen) atoms. The molecule has 5 heteroatoms. The summed E-state index contributed by atoms with van der Waals surface area (Å²) in [5.41, 5.74) is 4.23. The van der Waals surface area contributed by atoms with Crippen LogP contribution in [0.5, 0.6) is 0 Å². The topological polar surface area (TPSA) is 66.8 Å². The van der Waals surface area contributed by atoms with Crippen LogP contribution in [-0.2, 0) is 9.09 Å². The average Bonchev–Trinajstić information content (AvgIpc) is 2.48. The smallest absolute Gasteiger partial charge is 0.303 e. The Balaban J connectivity index is 2.32. The van der Waals surface area contributed by atoms with Crippen molar-refractivity contribution < 1.29 is 18.9 Å². The Hall–Kier alpha value is -1.71. The van der Waals surface area contributed by atoms with Gasteiger partial charge in [-0.2, -0.15) is 0 Å². The van der Waals surface area contributed by atoms with Gasteiger partial charge in [0.1, 0.15) is 0 Å². The first-order valence-corrected chi connectivity index (χ1v) is 8.51. The van der Waals surface area contributed by atoms with E-state index < -0.39 is 7.82 Å². The van der Waals surface area contributed by atoms with E-state index in [2.05, 4.69) is 4.52 Å². The van der Waals surface area contributed by atoms with E-state index in [1.165, 1.54) is 0 Å². The van der Waals surface area contributed by atoms with E-state index in [1.54, 1.807) is 0 Å². The number of hydrogen-bond donors (Lipinski definition) is 2. The summed E-state index contributed by atoms with van der Waals surface area (Å²) in [6, 6.07) is 19.9. The van der Waals surface area contributed by atoms with E-state index in [0.29, 0.717) is 6.42 Å². The molecule has 0 atom stereocenters. The molecule has 0 aromatic heterocycles. The normalized spacial score (nSPS) is 11.2. The largest absolute Gasteiger partial charge is 0.469 e. The fraction of sp³-hybridized carbons (Fsp3) is 0.176. The molecule has 0 bridgehead atoms. The van der Waals surface area contributed by atoms with Crippen LogP contribution in [0.15, 0.2) is 66.2 Å². The van der Waals surface area contributed by atoms with Gasteiger partial charge in [0.25, 0.3) is 0 Å². The van der Waals surface area contributed by atoms with Crippen molar-refractivity contribution >= 4 is 13.4 Å². The summed E-state index contributed by atoms with van der Waals surface area (Å²) in [5.74, 6) is 0. The van der Waals surface area contributed by atoms with Gasteiger partial charge in [-0.15, -0.1) is 0 Å². The Morgan fingerprint density at radius 2 is 1.41 bits per heavy atom. The third-order valence-corrected chi connectivity index (χ3v) is 3.81. The molecule has 4 nitrogen and oxygen atoms in total. The Bertz CT molecular complexity index is 633. The molecule has 0 fully saturated rings. The molecule has 0 aliphatic rings. The average molecular weight is 318 g/mol. The second kappa shape index (κ2) is 7.52. The lowest BCUT2D eigenvalue weighted by atomic mass is 9.92. The number of rotatable bonds is 6. The van der Waals surface area contributed by atoms with Gasteiger partial charge in [-0.1, -0.05) is 66.2 Å². The lowest BCUT2D eigenvalue weighted by molar-refractivity contribution is 0.199. The quantitative estimate of drug-likeness (QED) is 0.790. The fourth-order valence-corrected chi connectivity index (χ4v) is 2.64. The predicted octanol–water partition coefficient (Wildman–Crippen LogP) is 4.01. The maximum atomic E-state index is 10.8. The summed E-state index contributed by atoms with van der Waals surface area (Å²) >= 11 is 0. The Kier molecular flexibility index (Phi) is 5.69. The van der Waals surface area contributed by atoms with Crippen LogP contribution in [-0.4, -0.2) is 16.4 Å². The summed E-state index contributed by atoms with van der Waals surface area (Å²) < 4.78 is 15.3. The summed E-state index contributed by atoms with van der Waals surface area (Å²) in [6.45, 7) is 1.94. The van der Waals surface area contributed by atoms with Gasteiger partial charge in [-0.05, 0) is 30.0 Å². The van der Waals surface area contributed by atoms with Crippen molar-refractivity contribution in [3.8, 4) is 0 Å². The SMILES string of the molecule is CC(CCOP(=O)(O)O)=C(c1ccccc1)c1ccccc1. The van der Waals surface area contributed by atoms with Crippen LogP contribution in [0.1, 0.15) is 24.5 Å². The Morgan fingerprint density at radius 1 is 0.955 bits per heavy atom. The van der Waals surface area contributed by atoms with Gasteiger partial charge in [0.15, 0.2) is 0 Å². The minimum atomic E-state index is -4.42. The van der Waals surface area contributed by atoms with Gasteiger partial charge in [0.2, 0.25) is 0 Å². The van der Waals surface area contributed by atoms with Gasteiger partial charge >= 0.3 is 7.82 Å². The lowest BCUT2D eigenvalue weighted by Crippen LogP contribution is -1.97. The van der Waals surface area contributed by atoms with Crippen LogP contribution in [0.3, 0.4) is 0 Å². The van der Waals surface area contributed by atoms with E-state index in [9.17, 15) is 4.57 Å². The molecule has 0 aliphatic carbocycles. The third kappa shape index (κ3) is 4.93. The molecule has 0 saturated carbocycles. The highest BCUT2D eigenvalue weighted by Gasteiger charge is 2.14. The molecule has 2 aromatic rings. The van der Waals surface area contributed by atoms with E-state index in [-0.39, 0.29) is 6.61 Å². The fourth-order valence-electron chi connectivity index (χ4n) is 2.31. The van der Waals surface area contributed by atoms with Crippen molar-refractivity contribution in [2.75, 3.05) is 6.61 Å². The predicted molar refractivity (Wildman–Crippen MR) is 87.2 cm³/mol. The lowest BCUT2D eigenvalue weighted by Gasteiger charge is -2.14. The first-order chi connectivity index (χ1) is 10.5. The third-order valence-electron chi connectivity index (χ3n) is 3.29. The Morgan fingerprint density at radius 3 is 1.82 bits per heavy atom. The summed E-state index contributed by atoms with van der Waals surface area (Å²) in [7, 11) is -4.42. The molecule has 0 heterocycles. The first-order valence-electron chi connectivity index (χ1n) is 6.98. The van der Waals surface area contributed by atoms with Crippen molar-refractivity contribution in [1.82, 2.24) is 0 Å². The second-order valence-corrected chi connectivity index (χ2v) is 6.20. The Labute approximate surface area is 130 Å². The minimum absolute atomic E-state index is 0.0146. The summed E-state index contributed by atoms with van der Waals surface area (Å²) in [6.07, 6.45) is 0.449. The summed E-state index contributed by atoms with van der Waals surface area (Å²) in [5, 5.41) is 0. The molecular weight excluding hydrogens is 299 g/mol. The highest BCUT2D eigenvalue weighted by Crippen LogP contribution is 2.36.